The molecule has 0 amide bonds. The van der Waals surface area contributed by atoms with Gasteiger partial charge in [-0.25, -0.2) is 0 Å². The molecule has 1 heterocycles. The molecule has 1 atom stereocenters. The first kappa shape index (κ1) is 24.6. The van der Waals surface area contributed by atoms with Crippen molar-refractivity contribution in [3.63, 3.8) is 0 Å². The van der Waals surface area contributed by atoms with E-state index < -0.39 is 0 Å². The average Bonchev–Trinajstić information content (AvgIpc) is 2.58. The summed E-state index contributed by atoms with van der Waals surface area (Å²) in [5.74, 6) is 0. The van der Waals surface area contributed by atoms with Gasteiger partial charge in [-0.1, -0.05) is 62.3 Å². The predicted molar refractivity (Wildman–Crippen MR) is 123 cm³/mol. The molecular weight excluding hydrogens is 419 g/mol. The highest BCUT2D eigenvalue weighted by Crippen LogP contribution is 2.43. The Labute approximate surface area is 185 Å². The maximum absolute atomic E-state index is 6.04. The third-order valence-corrected chi connectivity index (χ3v) is 5.94. The molecule has 1 fully saturated rings. The van der Waals surface area contributed by atoms with Crippen LogP contribution in [0, 0.1) is 5.41 Å². The lowest BCUT2D eigenvalue weighted by atomic mass is 9.81. The first-order valence-electron chi connectivity index (χ1n) is 8.92. The van der Waals surface area contributed by atoms with E-state index in [0.29, 0.717) is 6.04 Å². The molecule has 27 heavy (non-hydrogen) atoms. The van der Waals surface area contributed by atoms with Crippen LogP contribution in [0.15, 0.2) is 58.3 Å². The van der Waals surface area contributed by atoms with Crippen molar-refractivity contribution in [1.29, 1.82) is 0 Å². The van der Waals surface area contributed by atoms with Crippen LogP contribution in [0.2, 0.25) is 5.02 Å². The molecule has 0 spiro atoms. The van der Waals surface area contributed by atoms with E-state index in [9.17, 15) is 0 Å². The molecule has 2 nitrogen and oxygen atoms in total. The average molecular weight is 448 g/mol. The summed E-state index contributed by atoms with van der Waals surface area (Å²) in [6, 6.07) is 17.4. The predicted octanol–water partition coefficient (Wildman–Crippen LogP) is 6.33. The van der Waals surface area contributed by atoms with Crippen LogP contribution in [-0.2, 0) is 0 Å². The highest BCUT2D eigenvalue weighted by atomic mass is 35.5. The van der Waals surface area contributed by atoms with E-state index in [-0.39, 0.29) is 30.2 Å². The van der Waals surface area contributed by atoms with Crippen molar-refractivity contribution in [1.82, 2.24) is 10.2 Å². The second kappa shape index (κ2) is 10.9. The Bertz CT molecular complexity index is 695. The lowest BCUT2D eigenvalue weighted by Gasteiger charge is -2.43. The van der Waals surface area contributed by atoms with Crippen molar-refractivity contribution in [2.45, 2.75) is 36.6 Å². The smallest absolute Gasteiger partial charge is 0.0408 e. The molecule has 1 aliphatic rings. The Morgan fingerprint density at radius 2 is 1.56 bits per heavy atom. The molecule has 0 saturated carbocycles. The van der Waals surface area contributed by atoms with E-state index in [1.807, 2.05) is 23.9 Å². The highest BCUT2D eigenvalue weighted by molar-refractivity contribution is 7.99. The Hall–Kier alpha value is -0.420. The summed E-state index contributed by atoms with van der Waals surface area (Å²) in [7, 11) is 0. The van der Waals surface area contributed by atoms with Gasteiger partial charge in [-0.05, 0) is 41.3 Å². The van der Waals surface area contributed by atoms with E-state index in [4.69, 9.17) is 11.6 Å². The van der Waals surface area contributed by atoms with Crippen LogP contribution < -0.4 is 5.32 Å². The molecule has 1 N–H and O–H groups in total. The molecule has 0 unspecified atom stereocenters. The van der Waals surface area contributed by atoms with Crippen molar-refractivity contribution in [3.8, 4) is 0 Å². The number of benzene rings is 2. The van der Waals surface area contributed by atoms with Crippen LogP contribution in [0.3, 0.4) is 0 Å². The summed E-state index contributed by atoms with van der Waals surface area (Å²) in [6.45, 7) is 11.4. The Kier molecular flexibility index (Phi) is 9.98. The largest absolute Gasteiger partial charge is 0.314 e. The first-order valence-corrected chi connectivity index (χ1v) is 10.1. The summed E-state index contributed by atoms with van der Waals surface area (Å²) in [5.41, 5.74) is 1.60. The number of nitrogens with zero attached hydrogens (tertiary/aromatic N) is 1. The lowest BCUT2D eigenvalue weighted by Crippen LogP contribution is -2.48. The SMILES string of the molecule is CC(C)(C)[C@@H](c1ccccc1Sc1ccc(Cl)cc1)N1CCNCC1.Cl.Cl. The van der Waals surface area contributed by atoms with Gasteiger partial charge >= 0.3 is 0 Å². The van der Waals surface area contributed by atoms with Crippen LogP contribution in [-0.4, -0.2) is 31.1 Å². The van der Waals surface area contributed by atoms with Crippen LogP contribution in [0.1, 0.15) is 32.4 Å². The third kappa shape index (κ3) is 6.56. The van der Waals surface area contributed by atoms with Gasteiger partial charge in [0, 0.05) is 47.0 Å². The van der Waals surface area contributed by atoms with Gasteiger partial charge in [-0.2, -0.15) is 0 Å². The van der Waals surface area contributed by atoms with E-state index >= 15 is 0 Å². The second-order valence-electron chi connectivity index (χ2n) is 7.65. The summed E-state index contributed by atoms with van der Waals surface area (Å²) in [5, 5.41) is 4.26. The van der Waals surface area contributed by atoms with Crippen molar-refractivity contribution >= 4 is 48.2 Å². The quantitative estimate of drug-likeness (QED) is 0.589. The summed E-state index contributed by atoms with van der Waals surface area (Å²) in [6.07, 6.45) is 0. The zero-order chi connectivity index (χ0) is 17.9. The van der Waals surface area contributed by atoms with Crippen LogP contribution in [0.5, 0.6) is 0 Å². The molecule has 0 radical (unpaired) electrons. The number of halogens is 3. The van der Waals surface area contributed by atoms with Crippen molar-refractivity contribution in [3.05, 3.63) is 59.1 Å². The van der Waals surface area contributed by atoms with Gasteiger partial charge in [0.15, 0.2) is 0 Å². The zero-order valence-corrected chi connectivity index (χ0v) is 19.3. The molecule has 0 aromatic heterocycles. The maximum Gasteiger partial charge on any atom is 0.0408 e. The topological polar surface area (TPSA) is 15.3 Å². The molecule has 150 valence electrons. The fourth-order valence-electron chi connectivity index (χ4n) is 3.58. The molecule has 0 bridgehead atoms. The standard InChI is InChI=1S/C21H27ClN2S.2ClH/c1-21(2,3)20(24-14-12-23-13-15-24)18-6-4-5-7-19(18)25-17-10-8-16(22)9-11-17;;/h4-11,20,23H,12-15H2,1-3H3;2*1H/t20-;;/m1../s1. The fourth-order valence-corrected chi connectivity index (χ4v) is 4.68. The molecular formula is C21H29Cl3N2S. The van der Waals surface area contributed by atoms with Gasteiger partial charge in [0.05, 0.1) is 0 Å². The molecule has 1 aliphatic heterocycles. The van der Waals surface area contributed by atoms with Crippen LogP contribution in [0.4, 0.5) is 0 Å². The minimum Gasteiger partial charge on any atom is -0.314 e. The third-order valence-electron chi connectivity index (χ3n) is 4.59. The molecule has 1 saturated heterocycles. The Balaban J connectivity index is 0.00000182. The van der Waals surface area contributed by atoms with E-state index in [0.717, 1.165) is 31.2 Å². The number of hydrogen-bond donors (Lipinski definition) is 1. The number of piperazine rings is 1. The zero-order valence-electron chi connectivity index (χ0n) is 16.1. The minimum absolute atomic E-state index is 0. The van der Waals surface area contributed by atoms with Gasteiger partial charge in [0.1, 0.15) is 0 Å². The fraction of sp³-hybridized carbons (Fsp3) is 0.429. The molecule has 0 aliphatic carbocycles. The van der Waals surface area contributed by atoms with Crippen molar-refractivity contribution in [2.24, 2.45) is 5.41 Å². The van der Waals surface area contributed by atoms with Crippen LogP contribution in [0.25, 0.3) is 0 Å². The summed E-state index contributed by atoms with van der Waals surface area (Å²) >= 11 is 7.87. The Morgan fingerprint density at radius 1 is 0.963 bits per heavy atom. The summed E-state index contributed by atoms with van der Waals surface area (Å²) in [4.78, 5) is 5.20. The van der Waals surface area contributed by atoms with Gasteiger partial charge in [0.2, 0.25) is 0 Å². The van der Waals surface area contributed by atoms with Gasteiger partial charge in [0.25, 0.3) is 0 Å². The van der Waals surface area contributed by atoms with E-state index in [1.54, 1.807) is 0 Å². The highest BCUT2D eigenvalue weighted by Gasteiger charge is 2.33. The van der Waals surface area contributed by atoms with Crippen molar-refractivity contribution in [2.75, 3.05) is 26.2 Å². The normalized spacial score (nSPS) is 16.1. The minimum atomic E-state index is 0. The lowest BCUT2D eigenvalue weighted by molar-refractivity contribution is 0.0844. The van der Waals surface area contributed by atoms with Crippen molar-refractivity contribution < 1.29 is 0 Å². The molecule has 6 heteroatoms. The molecule has 2 aromatic rings. The van der Waals surface area contributed by atoms with Gasteiger partial charge in [-0.15, -0.1) is 24.8 Å². The monoisotopic (exact) mass is 446 g/mol. The van der Waals surface area contributed by atoms with Crippen LogP contribution >= 0.6 is 48.2 Å². The second-order valence-corrected chi connectivity index (χ2v) is 9.20. The summed E-state index contributed by atoms with van der Waals surface area (Å²) < 4.78 is 0. The number of rotatable bonds is 4. The first-order chi connectivity index (χ1) is 11.9. The van der Waals surface area contributed by atoms with E-state index in [2.05, 4.69) is 67.4 Å². The number of nitrogens with one attached hydrogen (secondary N) is 1. The maximum atomic E-state index is 6.04. The van der Waals surface area contributed by atoms with Gasteiger partial charge in [-0.3, -0.25) is 4.90 Å². The van der Waals surface area contributed by atoms with Gasteiger partial charge < -0.3 is 5.32 Å². The Morgan fingerprint density at radius 3 is 2.15 bits per heavy atom. The molecule has 2 aromatic carbocycles. The molecule has 3 rings (SSSR count). The van der Waals surface area contributed by atoms with E-state index in [1.165, 1.54) is 15.4 Å². The number of hydrogen-bond acceptors (Lipinski definition) is 3.